The molecule has 1 aliphatic rings. The highest BCUT2D eigenvalue weighted by Gasteiger charge is 2.20. The van der Waals surface area contributed by atoms with Crippen LogP contribution in [0.25, 0.3) is 0 Å². The van der Waals surface area contributed by atoms with Crippen LogP contribution in [0.1, 0.15) is 56.3 Å². The molecule has 20 heavy (non-hydrogen) atoms. The van der Waals surface area contributed by atoms with E-state index in [2.05, 4.69) is 18.3 Å². The molecule has 0 spiro atoms. The zero-order valence-corrected chi connectivity index (χ0v) is 12.2. The molecule has 0 amide bonds. The van der Waals surface area contributed by atoms with Crippen LogP contribution < -0.4 is 5.32 Å². The Labute approximate surface area is 121 Å². The summed E-state index contributed by atoms with van der Waals surface area (Å²) < 4.78 is 0. The Morgan fingerprint density at radius 3 is 2.50 bits per heavy atom. The minimum Gasteiger partial charge on any atom is -0.387 e. The van der Waals surface area contributed by atoms with Crippen LogP contribution in [0.2, 0.25) is 0 Å². The Balaban J connectivity index is 1.81. The van der Waals surface area contributed by atoms with Gasteiger partial charge >= 0.3 is 0 Å². The number of rotatable bonds is 5. The van der Waals surface area contributed by atoms with Gasteiger partial charge in [0.15, 0.2) is 0 Å². The molecule has 0 radical (unpaired) electrons. The van der Waals surface area contributed by atoms with Gasteiger partial charge in [-0.25, -0.2) is 0 Å². The van der Waals surface area contributed by atoms with E-state index in [0.717, 1.165) is 11.5 Å². The van der Waals surface area contributed by atoms with Crippen LogP contribution in [-0.4, -0.2) is 17.7 Å². The average Bonchev–Trinajstić information content (AvgIpc) is 2.53. The molecule has 0 heterocycles. The van der Waals surface area contributed by atoms with Crippen molar-refractivity contribution in [2.75, 3.05) is 6.54 Å². The highest BCUT2D eigenvalue weighted by molar-refractivity contribution is 5.32. The zero-order chi connectivity index (χ0) is 14.4. The van der Waals surface area contributed by atoms with Crippen molar-refractivity contribution < 1.29 is 5.11 Å². The van der Waals surface area contributed by atoms with Crippen molar-refractivity contribution in [1.82, 2.24) is 5.32 Å². The van der Waals surface area contributed by atoms with Gasteiger partial charge < -0.3 is 10.4 Å². The number of benzene rings is 1. The molecule has 2 N–H and O–H groups in total. The number of aliphatic hydroxyl groups is 1. The summed E-state index contributed by atoms with van der Waals surface area (Å²) in [4.78, 5) is 0. The number of hydrogen-bond acceptors (Lipinski definition) is 3. The normalized spacial score (nSPS) is 19.2. The second kappa shape index (κ2) is 7.42. The first kappa shape index (κ1) is 15.0. The van der Waals surface area contributed by atoms with Crippen LogP contribution in [0, 0.1) is 17.2 Å². The van der Waals surface area contributed by atoms with E-state index in [9.17, 15) is 5.11 Å². The van der Waals surface area contributed by atoms with Gasteiger partial charge in [-0.15, -0.1) is 0 Å². The fourth-order valence-corrected chi connectivity index (χ4v) is 3.00. The lowest BCUT2D eigenvalue weighted by Gasteiger charge is -2.29. The lowest BCUT2D eigenvalue weighted by molar-refractivity contribution is 0.161. The van der Waals surface area contributed by atoms with Gasteiger partial charge in [-0.2, -0.15) is 5.26 Å². The fraction of sp³-hybridized carbons (Fsp3) is 0.588. The van der Waals surface area contributed by atoms with E-state index in [1.54, 1.807) is 12.1 Å². The quantitative estimate of drug-likeness (QED) is 0.865. The van der Waals surface area contributed by atoms with Gasteiger partial charge in [-0.3, -0.25) is 0 Å². The standard InChI is InChI=1S/C17H24N2O/c1-13(15-5-3-2-4-6-15)19-12-17(20)16-9-7-14(11-18)8-10-16/h7-10,13,15,17,19-20H,2-6,12H2,1H3/t13-,17?/m0/s1. The smallest absolute Gasteiger partial charge is 0.0991 e. The van der Waals surface area contributed by atoms with E-state index in [-0.39, 0.29) is 0 Å². The summed E-state index contributed by atoms with van der Waals surface area (Å²) in [5, 5.41) is 22.4. The van der Waals surface area contributed by atoms with E-state index >= 15 is 0 Å². The second-order valence-electron chi connectivity index (χ2n) is 5.84. The first-order chi connectivity index (χ1) is 9.70. The third-order valence-corrected chi connectivity index (χ3v) is 4.41. The maximum Gasteiger partial charge on any atom is 0.0991 e. The van der Waals surface area contributed by atoms with E-state index in [1.165, 1.54) is 32.1 Å². The van der Waals surface area contributed by atoms with Crippen LogP contribution in [0.4, 0.5) is 0 Å². The van der Waals surface area contributed by atoms with Gasteiger partial charge in [0.25, 0.3) is 0 Å². The minimum absolute atomic E-state index is 0.461. The zero-order valence-electron chi connectivity index (χ0n) is 12.2. The molecule has 1 fully saturated rings. The van der Waals surface area contributed by atoms with Crippen LogP contribution in [0.3, 0.4) is 0 Å². The molecule has 0 saturated heterocycles. The van der Waals surface area contributed by atoms with Crippen LogP contribution in [-0.2, 0) is 0 Å². The second-order valence-corrected chi connectivity index (χ2v) is 5.84. The first-order valence-corrected chi connectivity index (χ1v) is 7.62. The third-order valence-electron chi connectivity index (χ3n) is 4.41. The maximum atomic E-state index is 10.2. The predicted molar refractivity (Wildman–Crippen MR) is 80.2 cm³/mol. The summed E-state index contributed by atoms with van der Waals surface area (Å²) in [6, 6.07) is 9.72. The number of nitrogens with zero attached hydrogens (tertiary/aromatic N) is 1. The van der Waals surface area contributed by atoms with Crippen molar-refractivity contribution in [3.63, 3.8) is 0 Å². The molecule has 1 saturated carbocycles. The summed E-state index contributed by atoms with van der Waals surface area (Å²) >= 11 is 0. The molecule has 3 heteroatoms. The molecule has 1 aromatic carbocycles. The fourth-order valence-electron chi connectivity index (χ4n) is 3.00. The van der Waals surface area contributed by atoms with E-state index < -0.39 is 6.10 Å². The van der Waals surface area contributed by atoms with Crippen molar-refractivity contribution in [1.29, 1.82) is 5.26 Å². The van der Waals surface area contributed by atoms with Crippen molar-refractivity contribution >= 4 is 0 Å². The number of nitrogens with one attached hydrogen (secondary N) is 1. The Morgan fingerprint density at radius 2 is 1.90 bits per heavy atom. The first-order valence-electron chi connectivity index (χ1n) is 7.62. The monoisotopic (exact) mass is 272 g/mol. The van der Waals surface area contributed by atoms with E-state index in [0.29, 0.717) is 18.2 Å². The highest BCUT2D eigenvalue weighted by atomic mass is 16.3. The molecule has 3 nitrogen and oxygen atoms in total. The van der Waals surface area contributed by atoms with E-state index in [4.69, 9.17) is 5.26 Å². The summed E-state index contributed by atoms with van der Waals surface area (Å²) in [5.41, 5.74) is 1.50. The topological polar surface area (TPSA) is 56.0 Å². The van der Waals surface area contributed by atoms with Crippen molar-refractivity contribution in [3.05, 3.63) is 35.4 Å². The summed E-state index contributed by atoms with van der Waals surface area (Å²) in [5.74, 6) is 0.747. The van der Waals surface area contributed by atoms with Crippen LogP contribution in [0.5, 0.6) is 0 Å². The molecule has 1 unspecified atom stereocenters. The summed E-state index contributed by atoms with van der Waals surface area (Å²) in [7, 11) is 0. The lowest BCUT2D eigenvalue weighted by atomic mass is 9.84. The molecule has 0 bridgehead atoms. The predicted octanol–water partition coefficient (Wildman–Crippen LogP) is 3.15. The molecular formula is C17H24N2O. The molecule has 0 aliphatic heterocycles. The Hall–Kier alpha value is -1.37. The van der Waals surface area contributed by atoms with Crippen molar-refractivity contribution in [2.24, 2.45) is 5.92 Å². The summed E-state index contributed by atoms with van der Waals surface area (Å²) in [6.07, 6.45) is 6.16. The van der Waals surface area contributed by atoms with Crippen LogP contribution >= 0.6 is 0 Å². The van der Waals surface area contributed by atoms with Crippen molar-refractivity contribution in [3.8, 4) is 6.07 Å². The number of hydrogen-bond donors (Lipinski definition) is 2. The molecule has 2 rings (SSSR count). The average molecular weight is 272 g/mol. The maximum absolute atomic E-state index is 10.2. The molecular weight excluding hydrogens is 248 g/mol. The molecule has 108 valence electrons. The SMILES string of the molecule is C[C@H](NCC(O)c1ccc(C#N)cc1)C1CCCCC1. The van der Waals surface area contributed by atoms with Crippen LogP contribution in [0.15, 0.2) is 24.3 Å². The molecule has 1 aromatic rings. The number of nitriles is 1. The number of aliphatic hydroxyl groups excluding tert-OH is 1. The van der Waals surface area contributed by atoms with Gasteiger partial charge in [0.2, 0.25) is 0 Å². The van der Waals surface area contributed by atoms with E-state index in [1.807, 2.05) is 12.1 Å². The van der Waals surface area contributed by atoms with Gasteiger partial charge in [-0.1, -0.05) is 31.4 Å². The van der Waals surface area contributed by atoms with Gasteiger partial charge in [0.1, 0.15) is 0 Å². The largest absolute Gasteiger partial charge is 0.387 e. The minimum atomic E-state index is -0.506. The Bertz CT molecular complexity index is 443. The van der Waals surface area contributed by atoms with Gasteiger partial charge in [0, 0.05) is 12.6 Å². The lowest BCUT2D eigenvalue weighted by Crippen LogP contribution is -2.37. The Kier molecular flexibility index (Phi) is 5.58. The summed E-state index contributed by atoms with van der Waals surface area (Å²) in [6.45, 7) is 2.80. The van der Waals surface area contributed by atoms with Crippen molar-refractivity contribution in [2.45, 2.75) is 51.2 Å². The molecule has 1 aliphatic carbocycles. The third kappa shape index (κ3) is 4.06. The molecule has 2 atom stereocenters. The van der Waals surface area contributed by atoms with Gasteiger partial charge in [0.05, 0.1) is 17.7 Å². The highest BCUT2D eigenvalue weighted by Crippen LogP contribution is 2.26. The molecule has 0 aromatic heterocycles. The Morgan fingerprint density at radius 1 is 1.25 bits per heavy atom. The van der Waals surface area contributed by atoms with Gasteiger partial charge in [-0.05, 0) is 43.4 Å².